The first-order valence-corrected chi connectivity index (χ1v) is 5.38. The van der Waals surface area contributed by atoms with Crippen LogP contribution in [-0.2, 0) is 11.2 Å². The third-order valence-corrected chi connectivity index (χ3v) is 3.13. The number of fused-ring (bicyclic) bond motifs is 1. The molecule has 3 N–H and O–H groups in total. The molecule has 3 heteroatoms. The highest BCUT2D eigenvalue weighted by atomic mass is 16.5. The largest absolute Gasteiger partial charge is 0.383 e. The number of hydrogen-bond acceptors (Lipinski definition) is 3. The van der Waals surface area contributed by atoms with Gasteiger partial charge >= 0.3 is 0 Å². The van der Waals surface area contributed by atoms with Crippen LogP contribution in [0.4, 0.5) is 0 Å². The molecule has 0 radical (unpaired) electrons. The topological polar surface area (TPSA) is 47.3 Å². The van der Waals surface area contributed by atoms with E-state index in [9.17, 15) is 0 Å². The van der Waals surface area contributed by atoms with Crippen LogP contribution in [0.25, 0.3) is 0 Å². The van der Waals surface area contributed by atoms with Gasteiger partial charge in [0.2, 0.25) is 0 Å². The molecular formula is C12H18N2O. The summed E-state index contributed by atoms with van der Waals surface area (Å²) in [6.07, 6.45) is 2.24. The third kappa shape index (κ3) is 2.20. The van der Waals surface area contributed by atoms with Crippen LogP contribution in [-0.4, -0.2) is 19.8 Å². The summed E-state index contributed by atoms with van der Waals surface area (Å²) in [5, 5.41) is 0. The first-order chi connectivity index (χ1) is 7.35. The summed E-state index contributed by atoms with van der Waals surface area (Å²) in [7, 11) is 1.71. The molecule has 1 aliphatic rings. The molecule has 82 valence electrons. The van der Waals surface area contributed by atoms with Crippen molar-refractivity contribution in [2.45, 2.75) is 24.8 Å². The lowest BCUT2D eigenvalue weighted by atomic mass is 9.74. The summed E-state index contributed by atoms with van der Waals surface area (Å²) in [6.45, 7) is 0.676. The molecule has 3 nitrogen and oxygen atoms in total. The molecule has 1 aromatic carbocycles. The van der Waals surface area contributed by atoms with Gasteiger partial charge in [0, 0.05) is 13.2 Å². The quantitative estimate of drug-likeness (QED) is 0.562. The molecule has 15 heavy (non-hydrogen) atoms. The Balaban J connectivity index is 1.93. The third-order valence-electron chi connectivity index (χ3n) is 3.13. The summed E-state index contributed by atoms with van der Waals surface area (Å²) < 4.78 is 5.11. The zero-order valence-electron chi connectivity index (χ0n) is 9.07. The van der Waals surface area contributed by atoms with Crippen molar-refractivity contribution in [1.82, 2.24) is 5.43 Å². The van der Waals surface area contributed by atoms with Crippen molar-refractivity contribution in [2.75, 3.05) is 13.7 Å². The monoisotopic (exact) mass is 206 g/mol. The minimum absolute atomic E-state index is 0.258. The highest BCUT2D eigenvalue weighted by Gasteiger charge is 2.27. The molecule has 2 rings (SSSR count). The first-order valence-electron chi connectivity index (χ1n) is 5.38. The molecule has 0 aromatic heterocycles. The lowest BCUT2D eigenvalue weighted by molar-refractivity contribution is 0.158. The van der Waals surface area contributed by atoms with Gasteiger partial charge in [0.15, 0.2) is 0 Å². The fourth-order valence-electron chi connectivity index (χ4n) is 2.30. The Labute approximate surface area is 90.6 Å². The second-order valence-electron chi connectivity index (χ2n) is 4.15. The number of nitrogens with one attached hydrogen (secondary N) is 1. The molecule has 0 saturated heterocycles. The zero-order valence-corrected chi connectivity index (χ0v) is 9.07. The summed E-state index contributed by atoms with van der Waals surface area (Å²) in [6, 6.07) is 8.87. The minimum atomic E-state index is 0.258. The normalized spacial score (nSPS) is 20.5. The van der Waals surface area contributed by atoms with Gasteiger partial charge in [-0.2, -0.15) is 0 Å². The van der Waals surface area contributed by atoms with Crippen LogP contribution >= 0.6 is 0 Å². The zero-order chi connectivity index (χ0) is 10.7. The number of benzene rings is 1. The van der Waals surface area contributed by atoms with Gasteiger partial charge in [0.25, 0.3) is 0 Å². The molecule has 0 bridgehead atoms. The van der Waals surface area contributed by atoms with Crippen LogP contribution in [0.3, 0.4) is 0 Å². The average molecular weight is 206 g/mol. The number of rotatable bonds is 5. The molecule has 0 spiro atoms. The Hall–Kier alpha value is -0.900. The summed E-state index contributed by atoms with van der Waals surface area (Å²) in [5.74, 6) is 6.13. The number of hydrazine groups is 1. The molecule has 0 saturated carbocycles. The van der Waals surface area contributed by atoms with E-state index in [1.54, 1.807) is 7.11 Å². The summed E-state index contributed by atoms with van der Waals surface area (Å²) >= 11 is 0. The molecule has 1 aromatic rings. The maximum atomic E-state index is 5.48. The van der Waals surface area contributed by atoms with Crippen molar-refractivity contribution in [3.05, 3.63) is 35.4 Å². The maximum Gasteiger partial charge on any atom is 0.0629 e. The van der Waals surface area contributed by atoms with Gasteiger partial charge in [0.05, 0.1) is 6.61 Å². The Morgan fingerprint density at radius 3 is 3.00 bits per heavy atom. The summed E-state index contributed by atoms with van der Waals surface area (Å²) in [5.41, 5.74) is 5.77. The van der Waals surface area contributed by atoms with Gasteiger partial charge in [-0.3, -0.25) is 11.3 Å². The van der Waals surface area contributed by atoms with Gasteiger partial charge in [0.1, 0.15) is 0 Å². The van der Waals surface area contributed by atoms with Crippen molar-refractivity contribution < 1.29 is 4.74 Å². The lowest BCUT2D eigenvalue weighted by Crippen LogP contribution is -2.40. The van der Waals surface area contributed by atoms with Crippen molar-refractivity contribution in [2.24, 2.45) is 5.84 Å². The Morgan fingerprint density at radius 1 is 1.53 bits per heavy atom. The fraction of sp³-hybridized carbons (Fsp3) is 0.500. The fourth-order valence-corrected chi connectivity index (χ4v) is 2.30. The van der Waals surface area contributed by atoms with Gasteiger partial charge < -0.3 is 4.74 Å². The highest BCUT2D eigenvalue weighted by Crippen LogP contribution is 2.37. The Kier molecular flexibility index (Phi) is 3.36. The average Bonchev–Trinajstić information content (AvgIpc) is 2.24. The van der Waals surface area contributed by atoms with Crippen LogP contribution in [0.2, 0.25) is 0 Å². The van der Waals surface area contributed by atoms with Crippen molar-refractivity contribution in [3.63, 3.8) is 0 Å². The summed E-state index contributed by atoms with van der Waals surface area (Å²) in [4.78, 5) is 0. The van der Waals surface area contributed by atoms with Gasteiger partial charge in [-0.15, -0.1) is 0 Å². The van der Waals surface area contributed by atoms with E-state index in [1.807, 2.05) is 0 Å². The van der Waals surface area contributed by atoms with Crippen LogP contribution in [0.1, 0.15) is 23.5 Å². The van der Waals surface area contributed by atoms with Crippen LogP contribution in [0.15, 0.2) is 24.3 Å². The lowest BCUT2D eigenvalue weighted by Gasteiger charge is -2.32. The molecule has 0 amide bonds. The van der Waals surface area contributed by atoms with Crippen molar-refractivity contribution in [1.29, 1.82) is 0 Å². The number of ether oxygens (including phenoxy) is 1. The first kappa shape index (κ1) is 10.6. The molecular weight excluding hydrogens is 188 g/mol. The molecule has 0 fully saturated rings. The predicted octanol–water partition coefficient (Wildman–Crippen LogP) is 1.19. The molecule has 2 unspecified atom stereocenters. The number of hydrogen-bond donors (Lipinski definition) is 2. The molecule has 2 atom stereocenters. The van der Waals surface area contributed by atoms with Gasteiger partial charge in [-0.05, 0) is 29.9 Å². The van der Waals surface area contributed by atoms with E-state index in [4.69, 9.17) is 10.6 Å². The second-order valence-corrected chi connectivity index (χ2v) is 4.15. The second kappa shape index (κ2) is 4.75. The maximum absolute atomic E-state index is 5.48. The van der Waals surface area contributed by atoms with E-state index in [1.165, 1.54) is 17.5 Å². The van der Waals surface area contributed by atoms with Gasteiger partial charge in [-0.1, -0.05) is 24.3 Å². The number of nitrogens with two attached hydrogens (primary N) is 1. The van der Waals surface area contributed by atoms with E-state index in [-0.39, 0.29) is 6.04 Å². The van der Waals surface area contributed by atoms with Gasteiger partial charge in [-0.25, -0.2) is 0 Å². The van der Waals surface area contributed by atoms with Crippen molar-refractivity contribution >= 4 is 0 Å². The predicted molar refractivity (Wildman–Crippen MR) is 60.5 cm³/mol. The highest BCUT2D eigenvalue weighted by molar-refractivity contribution is 5.39. The molecule has 0 heterocycles. The van der Waals surface area contributed by atoms with E-state index in [2.05, 4.69) is 29.7 Å². The van der Waals surface area contributed by atoms with E-state index in [0.29, 0.717) is 12.5 Å². The molecule has 1 aliphatic carbocycles. The number of methoxy groups -OCH3 is 1. The van der Waals surface area contributed by atoms with E-state index in [0.717, 1.165) is 6.42 Å². The SMILES string of the molecule is COCC(CC1Cc2ccccc21)NN. The minimum Gasteiger partial charge on any atom is -0.383 e. The standard InChI is InChI=1S/C12H18N2O/c1-15-8-11(14-13)7-10-6-9-4-2-3-5-12(9)10/h2-5,10-11,14H,6-8,13H2,1H3. The van der Waals surface area contributed by atoms with E-state index >= 15 is 0 Å². The van der Waals surface area contributed by atoms with E-state index < -0.39 is 0 Å². The van der Waals surface area contributed by atoms with Crippen molar-refractivity contribution in [3.8, 4) is 0 Å². The van der Waals surface area contributed by atoms with Crippen LogP contribution in [0, 0.1) is 0 Å². The molecule has 0 aliphatic heterocycles. The Morgan fingerprint density at radius 2 is 2.33 bits per heavy atom. The van der Waals surface area contributed by atoms with Crippen LogP contribution < -0.4 is 11.3 Å². The Bertz CT molecular complexity index is 327. The van der Waals surface area contributed by atoms with Crippen LogP contribution in [0.5, 0.6) is 0 Å². The smallest absolute Gasteiger partial charge is 0.0629 e.